The molecule has 0 aliphatic carbocycles. The molecule has 1 saturated heterocycles. The minimum absolute atomic E-state index is 0.154. The fraction of sp³-hybridized carbons (Fsp3) is 0.667. The van der Waals surface area contributed by atoms with Crippen LogP contribution in [0, 0.1) is 17.0 Å². The van der Waals surface area contributed by atoms with Crippen LogP contribution in [0.2, 0.25) is 0 Å². The number of unbranched alkanes of at least 4 members (excludes halogenated alkanes) is 1. The Morgan fingerprint density at radius 3 is 3.00 bits per heavy atom. The van der Waals surface area contributed by atoms with Crippen LogP contribution in [-0.4, -0.2) is 35.6 Å². The van der Waals surface area contributed by atoms with Crippen LogP contribution in [0.1, 0.15) is 38.2 Å². The lowest BCUT2D eigenvalue weighted by Gasteiger charge is -2.26. The Morgan fingerprint density at radius 2 is 2.38 bits per heavy atom. The molecule has 1 N–H and O–H groups in total. The first-order valence-corrected chi connectivity index (χ1v) is 7.71. The standard InChI is InChI=1S/C15H24N4O2/c1-3-4-8-18(11-13-6-5-7-16-13)15-9-14(19(20)21)12(2)10-17-15/h9-10,13,16H,3-8,11H2,1-2H3. The number of nitrogens with one attached hydrogen (secondary N) is 1. The molecule has 2 rings (SSSR count). The molecule has 1 aromatic heterocycles. The predicted octanol–water partition coefficient (Wildman–Crippen LogP) is 2.66. The van der Waals surface area contributed by atoms with Gasteiger partial charge in [-0.1, -0.05) is 13.3 Å². The molecule has 1 atom stereocenters. The van der Waals surface area contributed by atoms with Gasteiger partial charge in [0, 0.05) is 30.9 Å². The summed E-state index contributed by atoms with van der Waals surface area (Å²) in [4.78, 5) is 17.4. The Morgan fingerprint density at radius 1 is 1.57 bits per heavy atom. The van der Waals surface area contributed by atoms with Gasteiger partial charge in [0.1, 0.15) is 5.82 Å². The second-order valence-corrected chi connectivity index (χ2v) is 5.68. The number of aryl methyl sites for hydroxylation is 1. The first-order chi connectivity index (χ1) is 10.1. The average molecular weight is 292 g/mol. The Balaban J connectivity index is 2.18. The highest BCUT2D eigenvalue weighted by Gasteiger charge is 2.21. The van der Waals surface area contributed by atoms with Gasteiger partial charge in [-0.15, -0.1) is 0 Å². The van der Waals surface area contributed by atoms with Crippen LogP contribution in [0.4, 0.5) is 11.5 Å². The van der Waals surface area contributed by atoms with Crippen molar-refractivity contribution in [2.45, 2.75) is 45.6 Å². The average Bonchev–Trinajstić information content (AvgIpc) is 2.96. The lowest BCUT2D eigenvalue weighted by atomic mass is 10.2. The van der Waals surface area contributed by atoms with Gasteiger partial charge in [0.2, 0.25) is 0 Å². The number of nitrogens with zero attached hydrogens (tertiary/aromatic N) is 3. The van der Waals surface area contributed by atoms with Crippen molar-refractivity contribution in [3.63, 3.8) is 0 Å². The van der Waals surface area contributed by atoms with Crippen molar-refractivity contribution in [1.29, 1.82) is 0 Å². The summed E-state index contributed by atoms with van der Waals surface area (Å²) in [5.74, 6) is 0.717. The van der Waals surface area contributed by atoms with Gasteiger partial charge in [-0.25, -0.2) is 4.98 Å². The lowest BCUT2D eigenvalue weighted by molar-refractivity contribution is -0.385. The van der Waals surface area contributed by atoms with Gasteiger partial charge in [0.15, 0.2) is 0 Å². The second-order valence-electron chi connectivity index (χ2n) is 5.68. The van der Waals surface area contributed by atoms with Gasteiger partial charge in [0.05, 0.1) is 11.0 Å². The van der Waals surface area contributed by atoms with E-state index in [-0.39, 0.29) is 10.6 Å². The van der Waals surface area contributed by atoms with E-state index >= 15 is 0 Å². The zero-order valence-electron chi connectivity index (χ0n) is 12.8. The lowest BCUT2D eigenvalue weighted by Crippen LogP contribution is -2.38. The molecule has 0 saturated carbocycles. The molecule has 2 heterocycles. The SMILES string of the molecule is CCCCN(CC1CCCN1)c1cc([N+](=O)[O-])c(C)cn1. The smallest absolute Gasteiger partial charge is 0.277 e. The molecule has 0 radical (unpaired) electrons. The number of hydrogen-bond donors (Lipinski definition) is 1. The normalized spacial score (nSPS) is 17.9. The Bertz CT molecular complexity index is 487. The topological polar surface area (TPSA) is 71.3 Å². The quantitative estimate of drug-likeness (QED) is 0.618. The maximum Gasteiger partial charge on any atom is 0.277 e. The van der Waals surface area contributed by atoms with Crippen molar-refractivity contribution >= 4 is 11.5 Å². The molecule has 0 spiro atoms. The van der Waals surface area contributed by atoms with Crippen LogP contribution in [0.15, 0.2) is 12.3 Å². The van der Waals surface area contributed by atoms with Crippen LogP contribution in [0.3, 0.4) is 0 Å². The molecular weight excluding hydrogens is 268 g/mol. The summed E-state index contributed by atoms with van der Waals surface area (Å²) in [6.07, 6.45) is 6.14. The maximum atomic E-state index is 11.1. The number of rotatable bonds is 7. The van der Waals surface area contributed by atoms with Crippen LogP contribution in [-0.2, 0) is 0 Å². The predicted molar refractivity (Wildman–Crippen MR) is 83.8 cm³/mol. The van der Waals surface area contributed by atoms with E-state index < -0.39 is 0 Å². The van der Waals surface area contributed by atoms with E-state index in [9.17, 15) is 10.1 Å². The van der Waals surface area contributed by atoms with Crippen LogP contribution < -0.4 is 10.2 Å². The number of pyridine rings is 1. The summed E-state index contributed by atoms with van der Waals surface area (Å²) in [5.41, 5.74) is 0.763. The Kier molecular flexibility index (Phi) is 5.50. The molecule has 116 valence electrons. The van der Waals surface area contributed by atoms with E-state index in [0.717, 1.165) is 44.7 Å². The molecular formula is C15H24N4O2. The largest absolute Gasteiger partial charge is 0.355 e. The molecule has 21 heavy (non-hydrogen) atoms. The molecule has 1 aliphatic heterocycles. The van der Waals surface area contributed by atoms with E-state index in [2.05, 4.69) is 22.1 Å². The van der Waals surface area contributed by atoms with E-state index in [1.54, 1.807) is 19.2 Å². The fourth-order valence-corrected chi connectivity index (χ4v) is 2.70. The van der Waals surface area contributed by atoms with E-state index in [0.29, 0.717) is 11.6 Å². The molecule has 1 aromatic rings. The summed E-state index contributed by atoms with van der Waals surface area (Å²) in [5, 5.41) is 14.6. The molecule has 0 bridgehead atoms. The zero-order valence-corrected chi connectivity index (χ0v) is 12.8. The molecule has 0 aromatic carbocycles. The zero-order chi connectivity index (χ0) is 15.2. The minimum Gasteiger partial charge on any atom is -0.355 e. The third kappa shape index (κ3) is 4.14. The minimum atomic E-state index is -0.327. The van der Waals surface area contributed by atoms with Crippen molar-refractivity contribution in [1.82, 2.24) is 10.3 Å². The second kappa shape index (κ2) is 7.36. The highest BCUT2D eigenvalue weighted by Crippen LogP contribution is 2.23. The molecule has 6 nitrogen and oxygen atoms in total. The van der Waals surface area contributed by atoms with Gasteiger partial charge >= 0.3 is 0 Å². The van der Waals surface area contributed by atoms with Crippen molar-refractivity contribution in [2.24, 2.45) is 0 Å². The molecule has 0 amide bonds. The van der Waals surface area contributed by atoms with Gasteiger partial charge in [-0.05, 0) is 32.7 Å². The molecule has 6 heteroatoms. The van der Waals surface area contributed by atoms with Gasteiger partial charge in [-0.2, -0.15) is 0 Å². The summed E-state index contributed by atoms with van der Waals surface area (Å²) >= 11 is 0. The van der Waals surface area contributed by atoms with E-state index in [1.807, 2.05) is 0 Å². The maximum absolute atomic E-state index is 11.1. The van der Waals surface area contributed by atoms with Crippen LogP contribution in [0.25, 0.3) is 0 Å². The van der Waals surface area contributed by atoms with Crippen LogP contribution in [0.5, 0.6) is 0 Å². The Hall–Kier alpha value is -1.69. The first kappa shape index (κ1) is 15.7. The molecule has 1 fully saturated rings. The highest BCUT2D eigenvalue weighted by atomic mass is 16.6. The van der Waals surface area contributed by atoms with Crippen molar-refractivity contribution in [3.8, 4) is 0 Å². The van der Waals surface area contributed by atoms with Gasteiger partial charge < -0.3 is 10.2 Å². The number of hydrogen-bond acceptors (Lipinski definition) is 5. The molecule has 1 aliphatic rings. The van der Waals surface area contributed by atoms with Crippen molar-refractivity contribution < 1.29 is 4.92 Å². The number of anilines is 1. The summed E-state index contributed by atoms with van der Waals surface area (Å²) in [6.45, 7) is 6.70. The van der Waals surface area contributed by atoms with E-state index in [1.165, 1.54) is 6.42 Å². The van der Waals surface area contributed by atoms with Crippen molar-refractivity contribution in [2.75, 3.05) is 24.5 Å². The fourth-order valence-electron chi connectivity index (χ4n) is 2.70. The van der Waals surface area contributed by atoms with E-state index in [4.69, 9.17) is 0 Å². The number of nitro groups is 1. The monoisotopic (exact) mass is 292 g/mol. The third-order valence-corrected chi connectivity index (χ3v) is 3.97. The van der Waals surface area contributed by atoms with Gasteiger partial charge in [-0.3, -0.25) is 10.1 Å². The molecule has 1 unspecified atom stereocenters. The third-order valence-electron chi connectivity index (χ3n) is 3.97. The highest BCUT2D eigenvalue weighted by molar-refractivity contribution is 5.50. The Labute approximate surface area is 125 Å². The van der Waals surface area contributed by atoms with Crippen LogP contribution >= 0.6 is 0 Å². The van der Waals surface area contributed by atoms with Crippen molar-refractivity contribution in [3.05, 3.63) is 27.9 Å². The summed E-state index contributed by atoms with van der Waals surface area (Å²) in [7, 11) is 0. The summed E-state index contributed by atoms with van der Waals surface area (Å²) in [6, 6.07) is 2.07. The summed E-state index contributed by atoms with van der Waals surface area (Å²) < 4.78 is 0. The first-order valence-electron chi connectivity index (χ1n) is 7.71. The van der Waals surface area contributed by atoms with Gasteiger partial charge in [0.25, 0.3) is 5.69 Å². The number of aromatic nitrogens is 1.